The number of anilines is 1. The van der Waals surface area contributed by atoms with E-state index in [2.05, 4.69) is 5.32 Å². The van der Waals surface area contributed by atoms with E-state index in [0.717, 1.165) is 23.7 Å². The van der Waals surface area contributed by atoms with E-state index in [0.29, 0.717) is 0 Å². The van der Waals surface area contributed by atoms with Gasteiger partial charge in [-0.15, -0.1) is 0 Å². The molecule has 1 aromatic carbocycles. The Bertz CT molecular complexity index is 355. The van der Waals surface area contributed by atoms with E-state index in [4.69, 9.17) is 0 Å². The third-order valence-electron chi connectivity index (χ3n) is 2.91. The van der Waals surface area contributed by atoms with Crippen molar-refractivity contribution in [1.29, 1.82) is 0 Å². The zero-order chi connectivity index (χ0) is 11.4. The summed E-state index contributed by atoms with van der Waals surface area (Å²) in [7, 11) is 0. The van der Waals surface area contributed by atoms with Crippen LogP contribution < -0.4 is 5.32 Å². The number of nitrogens with one attached hydrogen (secondary N) is 1. The second-order valence-corrected chi connectivity index (χ2v) is 5.39. The normalized spacial score (nSPS) is 19.7. The Balaban J connectivity index is 1.87. The van der Waals surface area contributed by atoms with Crippen molar-refractivity contribution in [3.05, 3.63) is 29.8 Å². The van der Waals surface area contributed by atoms with Gasteiger partial charge in [0, 0.05) is 17.8 Å². The molecule has 1 N–H and O–H groups in total. The van der Waals surface area contributed by atoms with Gasteiger partial charge in [0.2, 0.25) is 0 Å². The van der Waals surface area contributed by atoms with Crippen LogP contribution in [0.2, 0.25) is 0 Å². The van der Waals surface area contributed by atoms with Gasteiger partial charge in [0.05, 0.1) is 0 Å². The number of thioether (sulfide) groups is 1. The molecule has 0 bridgehead atoms. The van der Waals surface area contributed by atoms with Crippen molar-refractivity contribution >= 4 is 23.2 Å². The standard InChI is InChI=1S/C13H17NOS/c1-10(15)12-2-4-13(5-3-12)14-8-11-6-7-16-9-11/h2-5,11,14H,6-9H2,1H3. The maximum atomic E-state index is 11.1. The molecule has 1 aliphatic rings. The van der Waals surface area contributed by atoms with Crippen LogP contribution >= 0.6 is 11.8 Å². The lowest BCUT2D eigenvalue weighted by atomic mass is 10.1. The van der Waals surface area contributed by atoms with Crippen LogP contribution in [0.25, 0.3) is 0 Å². The Hall–Kier alpha value is -0.960. The lowest BCUT2D eigenvalue weighted by Gasteiger charge is -2.11. The summed E-state index contributed by atoms with van der Waals surface area (Å²) in [5.41, 5.74) is 1.89. The third kappa shape index (κ3) is 3.01. The quantitative estimate of drug-likeness (QED) is 0.813. The van der Waals surface area contributed by atoms with Gasteiger partial charge in [-0.1, -0.05) is 0 Å². The van der Waals surface area contributed by atoms with Gasteiger partial charge in [-0.2, -0.15) is 11.8 Å². The first-order chi connectivity index (χ1) is 7.75. The molecular weight excluding hydrogens is 218 g/mol. The number of Topliss-reactive ketones (excluding diaryl/α,β-unsaturated/α-hetero) is 1. The zero-order valence-corrected chi connectivity index (χ0v) is 10.3. The number of hydrogen-bond acceptors (Lipinski definition) is 3. The van der Waals surface area contributed by atoms with Gasteiger partial charge in [-0.3, -0.25) is 4.79 Å². The number of benzene rings is 1. The minimum absolute atomic E-state index is 0.124. The lowest BCUT2D eigenvalue weighted by molar-refractivity contribution is 0.101. The smallest absolute Gasteiger partial charge is 0.159 e. The maximum absolute atomic E-state index is 11.1. The van der Waals surface area contributed by atoms with E-state index >= 15 is 0 Å². The molecule has 1 aliphatic heterocycles. The predicted octanol–water partition coefficient (Wildman–Crippen LogP) is 3.05. The molecule has 1 fully saturated rings. The number of hydrogen-bond donors (Lipinski definition) is 1. The van der Waals surface area contributed by atoms with E-state index in [1.807, 2.05) is 36.0 Å². The highest BCUT2D eigenvalue weighted by Gasteiger charge is 2.14. The highest BCUT2D eigenvalue weighted by Crippen LogP contribution is 2.23. The molecule has 3 heteroatoms. The Morgan fingerprint density at radius 3 is 2.75 bits per heavy atom. The molecule has 2 nitrogen and oxygen atoms in total. The molecule has 0 radical (unpaired) electrons. The summed E-state index contributed by atoms with van der Waals surface area (Å²) in [5.74, 6) is 3.50. The van der Waals surface area contributed by atoms with Gasteiger partial charge in [0.15, 0.2) is 5.78 Å². The molecule has 86 valence electrons. The van der Waals surface area contributed by atoms with Crippen molar-refractivity contribution < 1.29 is 4.79 Å². The monoisotopic (exact) mass is 235 g/mol. The Morgan fingerprint density at radius 2 is 2.19 bits per heavy atom. The minimum atomic E-state index is 0.124. The van der Waals surface area contributed by atoms with Crippen LogP contribution in [-0.4, -0.2) is 23.8 Å². The largest absolute Gasteiger partial charge is 0.385 e. The molecule has 16 heavy (non-hydrogen) atoms. The van der Waals surface area contributed by atoms with Crippen LogP contribution in [0, 0.1) is 5.92 Å². The molecule has 0 saturated carbocycles. The van der Waals surface area contributed by atoms with Crippen LogP contribution in [0.5, 0.6) is 0 Å². The van der Waals surface area contributed by atoms with Crippen LogP contribution in [0.3, 0.4) is 0 Å². The minimum Gasteiger partial charge on any atom is -0.385 e. The first-order valence-corrected chi connectivity index (χ1v) is 6.84. The second-order valence-electron chi connectivity index (χ2n) is 4.24. The van der Waals surface area contributed by atoms with Crippen molar-refractivity contribution in [2.24, 2.45) is 5.92 Å². The average molecular weight is 235 g/mol. The summed E-state index contributed by atoms with van der Waals surface area (Å²) in [6, 6.07) is 7.74. The van der Waals surface area contributed by atoms with Gasteiger partial charge in [-0.05, 0) is 55.0 Å². The fraction of sp³-hybridized carbons (Fsp3) is 0.462. The molecule has 1 unspecified atom stereocenters. The number of carbonyl (C=O) groups is 1. The number of carbonyl (C=O) groups excluding carboxylic acids is 1. The summed E-state index contributed by atoms with van der Waals surface area (Å²) < 4.78 is 0. The van der Waals surface area contributed by atoms with Crippen molar-refractivity contribution in [2.45, 2.75) is 13.3 Å². The van der Waals surface area contributed by atoms with Crippen LogP contribution in [0.1, 0.15) is 23.7 Å². The lowest BCUT2D eigenvalue weighted by Crippen LogP contribution is -2.13. The van der Waals surface area contributed by atoms with Crippen molar-refractivity contribution in [3.63, 3.8) is 0 Å². The van der Waals surface area contributed by atoms with Crippen molar-refractivity contribution in [2.75, 3.05) is 23.4 Å². The highest BCUT2D eigenvalue weighted by atomic mass is 32.2. The summed E-state index contributed by atoms with van der Waals surface area (Å²) in [5, 5.41) is 3.43. The Labute approximate surface area is 101 Å². The molecule has 1 saturated heterocycles. The second kappa shape index (κ2) is 5.39. The number of rotatable bonds is 4. The SMILES string of the molecule is CC(=O)c1ccc(NCC2CCSC2)cc1. The highest BCUT2D eigenvalue weighted by molar-refractivity contribution is 7.99. The van der Waals surface area contributed by atoms with Gasteiger partial charge in [0.1, 0.15) is 0 Å². The average Bonchev–Trinajstić information content (AvgIpc) is 2.80. The topological polar surface area (TPSA) is 29.1 Å². The van der Waals surface area contributed by atoms with E-state index < -0.39 is 0 Å². The molecule has 1 aromatic rings. The van der Waals surface area contributed by atoms with Gasteiger partial charge < -0.3 is 5.32 Å². The maximum Gasteiger partial charge on any atom is 0.159 e. The predicted molar refractivity (Wildman–Crippen MR) is 70.4 cm³/mol. The van der Waals surface area contributed by atoms with Crippen LogP contribution in [-0.2, 0) is 0 Å². The number of ketones is 1. The molecule has 0 spiro atoms. The van der Waals surface area contributed by atoms with E-state index in [1.54, 1.807) is 6.92 Å². The van der Waals surface area contributed by atoms with E-state index in [9.17, 15) is 4.79 Å². The van der Waals surface area contributed by atoms with Gasteiger partial charge >= 0.3 is 0 Å². The van der Waals surface area contributed by atoms with Gasteiger partial charge in [0.25, 0.3) is 0 Å². The molecule has 0 amide bonds. The molecule has 1 atom stereocenters. The summed E-state index contributed by atoms with van der Waals surface area (Å²) >= 11 is 2.04. The van der Waals surface area contributed by atoms with Crippen molar-refractivity contribution in [1.82, 2.24) is 0 Å². The molecule has 0 aliphatic carbocycles. The van der Waals surface area contributed by atoms with E-state index in [-0.39, 0.29) is 5.78 Å². The first-order valence-electron chi connectivity index (χ1n) is 5.68. The van der Waals surface area contributed by atoms with Crippen LogP contribution in [0.4, 0.5) is 5.69 Å². The molecule has 2 rings (SSSR count). The van der Waals surface area contributed by atoms with Crippen LogP contribution in [0.15, 0.2) is 24.3 Å². The van der Waals surface area contributed by atoms with E-state index in [1.165, 1.54) is 17.9 Å². The zero-order valence-electron chi connectivity index (χ0n) is 9.53. The fourth-order valence-electron chi connectivity index (χ4n) is 1.83. The van der Waals surface area contributed by atoms with Gasteiger partial charge in [-0.25, -0.2) is 0 Å². The fourth-order valence-corrected chi connectivity index (χ4v) is 3.11. The third-order valence-corrected chi connectivity index (χ3v) is 4.14. The summed E-state index contributed by atoms with van der Waals surface area (Å²) in [4.78, 5) is 11.1. The summed E-state index contributed by atoms with van der Waals surface area (Å²) in [6.45, 7) is 2.64. The molecular formula is C13H17NOS. The Morgan fingerprint density at radius 1 is 1.44 bits per heavy atom. The molecule has 1 heterocycles. The molecule has 0 aromatic heterocycles. The Kier molecular flexibility index (Phi) is 3.88. The first kappa shape index (κ1) is 11.5. The van der Waals surface area contributed by atoms with Crippen molar-refractivity contribution in [3.8, 4) is 0 Å². The summed E-state index contributed by atoms with van der Waals surface area (Å²) in [6.07, 6.45) is 1.32.